The van der Waals surface area contributed by atoms with Crippen molar-refractivity contribution in [1.82, 2.24) is 10.6 Å². The van der Waals surface area contributed by atoms with Crippen LogP contribution in [0.3, 0.4) is 0 Å². The van der Waals surface area contributed by atoms with Crippen molar-refractivity contribution in [3.8, 4) is 0 Å². The van der Waals surface area contributed by atoms with Gasteiger partial charge in [0.25, 0.3) is 0 Å². The van der Waals surface area contributed by atoms with Crippen LogP contribution in [0.5, 0.6) is 0 Å². The Morgan fingerprint density at radius 3 is 2.10 bits per heavy atom. The summed E-state index contributed by atoms with van der Waals surface area (Å²) in [5.74, 6) is -0.854. The van der Waals surface area contributed by atoms with Crippen LogP contribution in [0.2, 0.25) is 0 Å². The summed E-state index contributed by atoms with van der Waals surface area (Å²) >= 11 is 0. The van der Waals surface area contributed by atoms with Crippen molar-refractivity contribution in [2.75, 3.05) is 7.11 Å². The van der Waals surface area contributed by atoms with Crippen LogP contribution in [0, 0.1) is 11.8 Å². The van der Waals surface area contributed by atoms with Gasteiger partial charge in [0.2, 0.25) is 5.91 Å². The van der Waals surface area contributed by atoms with Crippen molar-refractivity contribution >= 4 is 18.0 Å². The van der Waals surface area contributed by atoms with E-state index in [9.17, 15) is 14.4 Å². The average molecular weight is 419 g/mol. The van der Waals surface area contributed by atoms with Gasteiger partial charge in [-0.05, 0) is 63.0 Å². The van der Waals surface area contributed by atoms with Gasteiger partial charge < -0.3 is 20.1 Å². The molecule has 7 nitrogen and oxygen atoms in total. The van der Waals surface area contributed by atoms with Gasteiger partial charge in [-0.15, -0.1) is 0 Å². The number of esters is 1. The molecule has 0 aliphatic heterocycles. The van der Waals surface area contributed by atoms with E-state index in [0.29, 0.717) is 19.3 Å². The molecule has 1 aromatic rings. The van der Waals surface area contributed by atoms with Crippen LogP contribution in [-0.2, 0) is 31.9 Å². The van der Waals surface area contributed by atoms with E-state index in [4.69, 9.17) is 9.47 Å². The lowest BCUT2D eigenvalue weighted by atomic mass is 9.95. The zero-order valence-electron chi connectivity index (χ0n) is 18.8. The number of carbonyl (C=O) groups is 3. The molecule has 2 atom stereocenters. The van der Waals surface area contributed by atoms with Crippen LogP contribution in [0.1, 0.15) is 52.2 Å². The largest absolute Gasteiger partial charge is 0.467 e. The molecule has 0 unspecified atom stereocenters. The molecule has 7 heteroatoms. The second-order valence-electron chi connectivity index (χ2n) is 9.27. The molecule has 0 saturated carbocycles. The Balaban J connectivity index is 2.20. The van der Waals surface area contributed by atoms with Crippen molar-refractivity contribution in [1.29, 1.82) is 0 Å². The Morgan fingerprint density at radius 1 is 1.07 bits per heavy atom. The summed E-state index contributed by atoms with van der Waals surface area (Å²) in [5.41, 5.74) is 1.65. The zero-order valence-corrected chi connectivity index (χ0v) is 18.8. The molecule has 0 heterocycles. The lowest BCUT2D eigenvalue weighted by Gasteiger charge is -2.28. The fourth-order valence-corrected chi connectivity index (χ4v) is 3.75. The number of methoxy groups -OCH3 is 1. The van der Waals surface area contributed by atoms with E-state index in [2.05, 4.69) is 10.6 Å². The minimum atomic E-state index is -0.827. The van der Waals surface area contributed by atoms with E-state index >= 15 is 0 Å². The number of nitrogens with one attached hydrogen (secondary N) is 2. The molecule has 2 N–H and O–H groups in total. The molecule has 0 spiro atoms. The molecule has 166 valence electrons. The third-order valence-corrected chi connectivity index (χ3v) is 5.02. The summed E-state index contributed by atoms with van der Waals surface area (Å²) in [6.07, 6.45) is 1.12. The Morgan fingerprint density at radius 2 is 1.63 bits per heavy atom. The van der Waals surface area contributed by atoms with Crippen LogP contribution in [-0.4, -0.2) is 42.8 Å². The molecule has 30 heavy (non-hydrogen) atoms. The standard InChI is InChI=1S/C23H34N2O5/c1-14(2)11-18(21(27)29-6)24-20(26)19(25-22(28)30-23(3,4)5)17-12-15-9-7-8-10-16(15)13-17/h7-10,14,17-19H,11-13H2,1-6H3,(H,24,26)(H,25,28)/t18-,19-/m1/s1. The highest BCUT2D eigenvalue weighted by atomic mass is 16.6. The molecular weight excluding hydrogens is 384 g/mol. The minimum Gasteiger partial charge on any atom is -0.467 e. The maximum atomic E-state index is 13.2. The lowest BCUT2D eigenvalue weighted by Crippen LogP contribution is -2.55. The van der Waals surface area contributed by atoms with E-state index in [1.807, 2.05) is 38.1 Å². The van der Waals surface area contributed by atoms with Gasteiger partial charge in [-0.25, -0.2) is 9.59 Å². The van der Waals surface area contributed by atoms with Gasteiger partial charge in [-0.3, -0.25) is 4.79 Å². The van der Waals surface area contributed by atoms with Crippen LogP contribution >= 0.6 is 0 Å². The monoisotopic (exact) mass is 418 g/mol. The van der Waals surface area contributed by atoms with Gasteiger partial charge in [-0.1, -0.05) is 38.1 Å². The second kappa shape index (κ2) is 9.96. The van der Waals surface area contributed by atoms with Crippen molar-refractivity contribution in [3.63, 3.8) is 0 Å². The summed E-state index contributed by atoms with van der Waals surface area (Å²) in [6.45, 7) is 9.23. The van der Waals surface area contributed by atoms with Crippen LogP contribution in [0.4, 0.5) is 4.79 Å². The number of benzene rings is 1. The number of fused-ring (bicyclic) bond motifs is 1. The summed E-state index contributed by atoms with van der Waals surface area (Å²) in [6, 6.07) is 6.41. The lowest BCUT2D eigenvalue weighted by molar-refractivity contribution is -0.146. The zero-order chi connectivity index (χ0) is 22.5. The molecule has 2 amide bonds. The SMILES string of the molecule is COC(=O)[C@@H](CC(C)C)NC(=O)[C@H](NC(=O)OC(C)(C)C)C1Cc2ccccc2C1. The van der Waals surface area contributed by atoms with E-state index in [0.717, 1.165) is 11.1 Å². The van der Waals surface area contributed by atoms with Gasteiger partial charge >= 0.3 is 12.1 Å². The summed E-state index contributed by atoms with van der Waals surface area (Å²) in [7, 11) is 1.30. The summed E-state index contributed by atoms with van der Waals surface area (Å²) in [4.78, 5) is 37.8. The quantitative estimate of drug-likeness (QED) is 0.664. The molecule has 1 aromatic carbocycles. The number of hydrogen-bond donors (Lipinski definition) is 2. The van der Waals surface area contributed by atoms with E-state index in [1.54, 1.807) is 20.8 Å². The van der Waals surface area contributed by atoms with Crippen LogP contribution < -0.4 is 10.6 Å². The van der Waals surface area contributed by atoms with E-state index in [1.165, 1.54) is 7.11 Å². The first-order chi connectivity index (χ1) is 14.0. The first-order valence-corrected chi connectivity index (χ1v) is 10.4. The Hall–Kier alpha value is -2.57. The van der Waals surface area contributed by atoms with Gasteiger partial charge in [0.05, 0.1) is 7.11 Å². The molecule has 2 rings (SSSR count). The number of amides is 2. The number of rotatable bonds is 7. The third kappa shape index (κ3) is 6.75. The highest BCUT2D eigenvalue weighted by Gasteiger charge is 2.37. The van der Waals surface area contributed by atoms with Gasteiger partial charge in [0.15, 0.2) is 0 Å². The molecule has 0 radical (unpaired) electrons. The molecule has 1 aliphatic rings. The first kappa shape index (κ1) is 23.7. The normalized spacial score (nSPS) is 15.8. The molecule has 1 aliphatic carbocycles. The van der Waals surface area contributed by atoms with Crippen molar-refractivity contribution in [2.45, 2.75) is 71.6 Å². The minimum absolute atomic E-state index is 0.132. The van der Waals surface area contributed by atoms with Gasteiger partial charge in [-0.2, -0.15) is 0 Å². The Labute approximate surface area is 178 Å². The Bertz CT molecular complexity index is 744. The second-order valence-corrected chi connectivity index (χ2v) is 9.27. The number of ether oxygens (including phenoxy) is 2. The molecule has 0 fully saturated rings. The van der Waals surface area contributed by atoms with Gasteiger partial charge in [0.1, 0.15) is 17.7 Å². The molecule has 0 bridgehead atoms. The molecule has 0 aromatic heterocycles. The number of alkyl carbamates (subject to hydrolysis) is 1. The Kier molecular flexibility index (Phi) is 7.87. The number of carbonyl (C=O) groups excluding carboxylic acids is 3. The van der Waals surface area contributed by atoms with Crippen molar-refractivity contribution in [3.05, 3.63) is 35.4 Å². The predicted octanol–water partition coefficient (Wildman–Crippen LogP) is 3.00. The fraction of sp³-hybridized carbons (Fsp3) is 0.609. The smallest absolute Gasteiger partial charge is 0.408 e. The predicted molar refractivity (Wildman–Crippen MR) is 114 cm³/mol. The molecular formula is C23H34N2O5. The highest BCUT2D eigenvalue weighted by molar-refractivity contribution is 5.90. The van der Waals surface area contributed by atoms with Crippen molar-refractivity contribution < 1.29 is 23.9 Å². The van der Waals surface area contributed by atoms with E-state index < -0.39 is 35.7 Å². The highest BCUT2D eigenvalue weighted by Crippen LogP contribution is 2.29. The maximum Gasteiger partial charge on any atom is 0.408 e. The van der Waals surface area contributed by atoms with Gasteiger partial charge in [0, 0.05) is 0 Å². The van der Waals surface area contributed by atoms with Crippen LogP contribution in [0.15, 0.2) is 24.3 Å². The number of hydrogen-bond acceptors (Lipinski definition) is 5. The molecule has 0 saturated heterocycles. The topological polar surface area (TPSA) is 93.7 Å². The summed E-state index contributed by atoms with van der Waals surface area (Å²) in [5, 5.41) is 5.53. The third-order valence-electron chi connectivity index (χ3n) is 5.02. The first-order valence-electron chi connectivity index (χ1n) is 10.4. The summed E-state index contributed by atoms with van der Waals surface area (Å²) < 4.78 is 10.2. The van der Waals surface area contributed by atoms with E-state index in [-0.39, 0.29) is 11.8 Å². The van der Waals surface area contributed by atoms with Crippen molar-refractivity contribution in [2.24, 2.45) is 11.8 Å². The average Bonchev–Trinajstić information content (AvgIpc) is 3.06. The van der Waals surface area contributed by atoms with Crippen LogP contribution in [0.25, 0.3) is 0 Å². The fourth-order valence-electron chi connectivity index (χ4n) is 3.75. The maximum absolute atomic E-state index is 13.2.